The van der Waals surface area contributed by atoms with Crippen LogP contribution in [-0.4, -0.2) is 19.1 Å². The van der Waals surface area contributed by atoms with Crippen LogP contribution in [0.25, 0.3) is 11.1 Å². The van der Waals surface area contributed by atoms with Crippen LogP contribution >= 0.6 is 0 Å². The highest BCUT2D eigenvalue weighted by molar-refractivity contribution is 5.92. The lowest BCUT2D eigenvalue weighted by Crippen LogP contribution is -2.20. The summed E-state index contributed by atoms with van der Waals surface area (Å²) in [6, 6.07) is 25.0. The molecule has 3 rings (SSSR count). The van der Waals surface area contributed by atoms with E-state index >= 15 is 0 Å². The summed E-state index contributed by atoms with van der Waals surface area (Å²) in [5, 5.41) is 2.80. The number of hydrogen-bond acceptors (Lipinski definition) is 3. The van der Waals surface area contributed by atoms with Crippen molar-refractivity contribution in [2.75, 3.05) is 18.5 Å². The second-order valence-corrected chi connectivity index (χ2v) is 5.85. The first-order chi connectivity index (χ1) is 13.2. The smallest absolute Gasteiger partial charge is 0.262 e. The van der Waals surface area contributed by atoms with Crippen molar-refractivity contribution in [1.82, 2.24) is 0 Å². The summed E-state index contributed by atoms with van der Waals surface area (Å²) in [5.41, 5.74) is 2.90. The lowest BCUT2D eigenvalue weighted by Gasteiger charge is -2.10. The van der Waals surface area contributed by atoms with Gasteiger partial charge in [-0.2, -0.15) is 0 Å². The number of anilines is 1. The van der Waals surface area contributed by atoms with E-state index in [2.05, 4.69) is 24.0 Å². The van der Waals surface area contributed by atoms with Gasteiger partial charge >= 0.3 is 0 Å². The van der Waals surface area contributed by atoms with E-state index in [0.717, 1.165) is 11.1 Å². The Morgan fingerprint density at radius 1 is 0.852 bits per heavy atom. The Bertz CT molecular complexity index is 889. The van der Waals surface area contributed by atoms with Crippen molar-refractivity contribution in [2.45, 2.75) is 0 Å². The van der Waals surface area contributed by atoms with Crippen LogP contribution in [-0.2, 0) is 4.79 Å². The summed E-state index contributed by atoms with van der Waals surface area (Å²) in [4.78, 5) is 12.1. The molecule has 1 amide bonds. The van der Waals surface area contributed by atoms with Gasteiger partial charge in [0.2, 0.25) is 0 Å². The van der Waals surface area contributed by atoms with Crippen molar-refractivity contribution in [3.63, 3.8) is 0 Å². The highest BCUT2D eigenvalue weighted by atomic mass is 16.5. The number of hydrogen-bond donors (Lipinski definition) is 1. The molecule has 1 N–H and O–H groups in total. The number of rotatable bonds is 8. The average Bonchev–Trinajstić information content (AvgIpc) is 2.72. The summed E-state index contributed by atoms with van der Waals surface area (Å²) >= 11 is 0. The highest BCUT2D eigenvalue weighted by Crippen LogP contribution is 2.22. The average molecular weight is 359 g/mol. The molecular formula is C23H21NO3. The van der Waals surface area contributed by atoms with Crippen LogP contribution in [0.15, 0.2) is 91.5 Å². The number of carbonyl (C=O) groups excluding carboxylic acids is 1. The largest absolute Gasteiger partial charge is 0.489 e. The van der Waals surface area contributed by atoms with Crippen LogP contribution in [0.3, 0.4) is 0 Å². The topological polar surface area (TPSA) is 47.6 Å². The SMILES string of the molecule is C=CCOc1cccc(NC(=O)COc2ccc(-c3ccccc3)cc2)c1. The molecule has 0 heterocycles. The third-order valence-corrected chi connectivity index (χ3v) is 3.82. The minimum absolute atomic E-state index is 0.0670. The van der Waals surface area contributed by atoms with E-state index in [1.54, 1.807) is 18.2 Å². The molecule has 27 heavy (non-hydrogen) atoms. The van der Waals surface area contributed by atoms with Crippen molar-refractivity contribution >= 4 is 11.6 Å². The third kappa shape index (κ3) is 5.47. The Balaban J connectivity index is 1.52. The molecule has 136 valence electrons. The second kappa shape index (κ2) is 9.25. The van der Waals surface area contributed by atoms with Gasteiger partial charge in [-0.25, -0.2) is 0 Å². The molecule has 4 nitrogen and oxygen atoms in total. The van der Waals surface area contributed by atoms with Crippen molar-refractivity contribution < 1.29 is 14.3 Å². The second-order valence-electron chi connectivity index (χ2n) is 5.85. The van der Waals surface area contributed by atoms with Gasteiger partial charge in [0.1, 0.15) is 18.1 Å². The van der Waals surface area contributed by atoms with Gasteiger partial charge in [0.25, 0.3) is 5.91 Å². The van der Waals surface area contributed by atoms with Crippen molar-refractivity contribution in [1.29, 1.82) is 0 Å². The summed E-state index contributed by atoms with van der Waals surface area (Å²) in [7, 11) is 0. The molecule has 0 unspecified atom stereocenters. The first-order valence-corrected chi connectivity index (χ1v) is 8.66. The summed E-state index contributed by atoms with van der Waals surface area (Å²) < 4.78 is 11.0. The first kappa shape index (κ1) is 18.3. The number of ether oxygens (including phenoxy) is 2. The Labute approximate surface area is 159 Å². The first-order valence-electron chi connectivity index (χ1n) is 8.66. The quantitative estimate of drug-likeness (QED) is 0.580. The maximum atomic E-state index is 12.1. The zero-order valence-electron chi connectivity index (χ0n) is 14.9. The van der Waals surface area contributed by atoms with Crippen molar-refractivity contribution in [2.24, 2.45) is 0 Å². The molecule has 4 heteroatoms. The molecule has 0 atom stereocenters. The van der Waals surface area contributed by atoms with Gasteiger partial charge in [-0.3, -0.25) is 4.79 Å². The van der Waals surface area contributed by atoms with Gasteiger partial charge < -0.3 is 14.8 Å². The van der Waals surface area contributed by atoms with Crippen molar-refractivity contribution in [3.05, 3.63) is 91.5 Å². The highest BCUT2D eigenvalue weighted by Gasteiger charge is 2.05. The number of benzene rings is 3. The maximum Gasteiger partial charge on any atom is 0.262 e. The Morgan fingerprint density at radius 3 is 2.33 bits per heavy atom. The van der Waals surface area contributed by atoms with Gasteiger partial charge in [0.15, 0.2) is 6.61 Å². The minimum atomic E-state index is -0.233. The predicted molar refractivity (Wildman–Crippen MR) is 108 cm³/mol. The molecule has 0 saturated carbocycles. The van der Waals surface area contributed by atoms with Crippen LogP contribution in [0.2, 0.25) is 0 Å². The predicted octanol–water partition coefficient (Wildman–Crippen LogP) is 4.94. The summed E-state index contributed by atoms with van der Waals surface area (Å²) in [5.74, 6) is 1.08. The zero-order chi connectivity index (χ0) is 18.9. The fourth-order valence-corrected chi connectivity index (χ4v) is 2.54. The van der Waals surface area contributed by atoms with Gasteiger partial charge in [-0.05, 0) is 35.4 Å². The molecule has 3 aromatic rings. The molecule has 3 aromatic carbocycles. The van der Waals surface area contributed by atoms with E-state index in [-0.39, 0.29) is 12.5 Å². The lowest BCUT2D eigenvalue weighted by atomic mass is 10.1. The number of nitrogens with one attached hydrogen (secondary N) is 1. The van der Waals surface area contributed by atoms with Crippen LogP contribution in [0.1, 0.15) is 0 Å². The van der Waals surface area contributed by atoms with Crippen molar-refractivity contribution in [3.8, 4) is 22.6 Å². The lowest BCUT2D eigenvalue weighted by molar-refractivity contribution is -0.118. The van der Waals surface area contributed by atoms with E-state index in [9.17, 15) is 4.79 Å². The van der Waals surface area contributed by atoms with Crippen LogP contribution < -0.4 is 14.8 Å². The van der Waals surface area contributed by atoms with E-state index in [4.69, 9.17) is 9.47 Å². The fourth-order valence-electron chi connectivity index (χ4n) is 2.54. The number of carbonyl (C=O) groups is 1. The molecule has 0 aromatic heterocycles. The van der Waals surface area contributed by atoms with Gasteiger partial charge in [-0.15, -0.1) is 0 Å². The zero-order valence-corrected chi connectivity index (χ0v) is 14.9. The minimum Gasteiger partial charge on any atom is -0.489 e. The molecule has 0 fully saturated rings. The molecule has 0 spiro atoms. The maximum absolute atomic E-state index is 12.1. The third-order valence-electron chi connectivity index (χ3n) is 3.82. The molecule has 0 aliphatic heterocycles. The van der Waals surface area contributed by atoms with Gasteiger partial charge in [0.05, 0.1) is 0 Å². The molecule has 0 aliphatic carbocycles. The fraction of sp³-hybridized carbons (Fsp3) is 0.0870. The Kier molecular flexibility index (Phi) is 6.26. The molecule has 0 radical (unpaired) electrons. The molecule has 0 bridgehead atoms. The molecule has 0 saturated heterocycles. The van der Waals surface area contributed by atoms with E-state index < -0.39 is 0 Å². The van der Waals surface area contributed by atoms with E-state index in [1.807, 2.05) is 54.6 Å². The Hall–Kier alpha value is -3.53. The Morgan fingerprint density at radius 2 is 1.59 bits per heavy atom. The standard InChI is InChI=1S/C23H21NO3/c1-2-15-26-22-10-6-9-20(16-22)24-23(25)17-27-21-13-11-19(12-14-21)18-7-4-3-5-8-18/h2-14,16H,1,15,17H2,(H,24,25). The van der Waals surface area contributed by atoms with Crippen LogP contribution in [0.4, 0.5) is 5.69 Å². The normalized spacial score (nSPS) is 10.1. The van der Waals surface area contributed by atoms with Crippen LogP contribution in [0.5, 0.6) is 11.5 Å². The van der Waals surface area contributed by atoms with Gasteiger partial charge in [-0.1, -0.05) is 61.2 Å². The van der Waals surface area contributed by atoms with E-state index in [0.29, 0.717) is 23.8 Å². The van der Waals surface area contributed by atoms with Gasteiger partial charge in [0, 0.05) is 11.8 Å². The monoisotopic (exact) mass is 359 g/mol. The van der Waals surface area contributed by atoms with E-state index in [1.165, 1.54) is 0 Å². The summed E-state index contributed by atoms with van der Waals surface area (Å²) in [6.45, 7) is 3.96. The molecular weight excluding hydrogens is 338 g/mol. The summed E-state index contributed by atoms with van der Waals surface area (Å²) in [6.07, 6.45) is 1.67. The van der Waals surface area contributed by atoms with Crippen LogP contribution in [0, 0.1) is 0 Å². The molecule has 0 aliphatic rings. The number of amides is 1.